The Balaban J connectivity index is 2.37. The minimum Gasteiger partial charge on any atom is -0.481 e. The molecule has 0 aliphatic heterocycles. The average Bonchev–Trinajstić information content (AvgIpc) is 2.69. The standard InChI is InChI=1S/C15H28N2O3/c1-12(13(18)19)7-6-10-17-14(20)15(11-16)8-4-2-3-5-9-15/h12H,2-11,16H2,1H3,(H,17,20)(H,18,19). The molecule has 0 aromatic heterocycles. The Morgan fingerprint density at radius 2 is 1.85 bits per heavy atom. The lowest BCUT2D eigenvalue weighted by molar-refractivity contribution is -0.141. The summed E-state index contributed by atoms with van der Waals surface area (Å²) in [4.78, 5) is 23.1. The summed E-state index contributed by atoms with van der Waals surface area (Å²) in [5.41, 5.74) is 5.47. The number of carbonyl (C=O) groups is 2. The number of nitrogens with two attached hydrogens (primary N) is 1. The monoisotopic (exact) mass is 284 g/mol. The minimum atomic E-state index is -0.779. The molecular weight excluding hydrogens is 256 g/mol. The zero-order valence-electron chi connectivity index (χ0n) is 12.5. The van der Waals surface area contributed by atoms with Crippen molar-refractivity contribution in [2.45, 2.75) is 58.3 Å². The number of carboxylic acid groups (broad SMARTS) is 1. The van der Waals surface area contributed by atoms with Crippen LogP contribution in [0.2, 0.25) is 0 Å². The molecule has 4 N–H and O–H groups in total. The molecule has 1 aliphatic rings. The molecule has 116 valence electrons. The molecule has 0 bridgehead atoms. The lowest BCUT2D eigenvalue weighted by Gasteiger charge is -2.29. The van der Waals surface area contributed by atoms with E-state index in [1.807, 2.05) is 0 Å². The van der Waals surface area contributed by atoms with Crippen LogP contribution < -0.4 is 11.1 Å². The van der Waals surface area contributed by atoms with Gasteiger partial charge in [-0.05, 0) is 25.7 Å². The third kappa shape index (κ3) is 4.78. The van der Waals surface area contributed by atoms with Crippen LogP contribution in [0.3, 0.4) is 0 Å². The normalized spacial score (nSPS) is 19.9. The van der Waals surface area contributed by atoms with Crippen LogP contribution in [0.1, 0.15) is 58.3 Å². The highest BCUT2D eigenvalue weighted by atomic mass is 16.4. The van der Waals surface area contributed by atoms with E-state index in [2.05, 4.69) is 5.32 Å². The number of rotatable bonds is 7. The van der Waals surface area contributed by atoms with Crippen molar-refractivity contribution >= 4 is 11.9 Å². The second kappa shape index (κ2) is 8.25. The molecular formula is C15H28N2O3. The molecule has 0 spiro atoms. The van der Waals surface area contributed by atoms with E-state index in [9.17, 15) is 9.59 Å². The Hall–Kier alpha value is -1.10. The summed E-state index contributed by atoms with van der Waals surface area (Å²) in [6, 6.07) is 0. The summed E-state index contributed by atoms with van der Waals surface area (Å²) in [5, 5.41) is 11.8. The van der Waals surface area contributed by atoms with Crippen LogP contribution in [0.5, 0.6) is 0 Å². The first kappa shape index (κ1) is 17.0. The predicted molar refractivity (Wildman–Crippen MR) is 78.2 cm³/mol. The maximum absolute atomic E-state index is 12.4. The second-order valence-corrected chi connectivity index (χ2v) is 6.04. The second-order valence-electron chi connectivity index (χ2n) is 6.04. The summed E-state index contributed by atoms with van der Waals surface area (Å²) in [5.74, 6) is -1.07. The van der Waals surface area contributed by atoms with E-state index in [4.69, 9.17) is 10.8 Å². The van der Waals surface area contributed by atoms with E-state index >= 15 is 0 Å². The van der Waals surface area contributed by atoms with Crippen LogP contribution in [0, 0.1) is 11.3 Å². The van der Waals surface area contributed by atoms with Crippen LogP contribution in [0.15, 0.2) is 0 Å². The maximum atomic E-state index is 12.4. The molecule has 0 radical (unpaired) electrons. The van der Waals surface area contributed by atoms with Gasteiger partial charge in [-0.25, -0.2) is 0 Å². The Bertz CT molecular complexity index is 323. The van der Waals surface area contributed by atoms with Gasteiger partial charge in [0.25, 0.3) is 0 Å². The Morgan fingerprint density at radius 3 is 2.35 bits per heavy atom. The SMILES string of the molecule is CC(CCCNC(=O)C1(CN)CCCCCC1)C(=O)O. The number of carboxylic acids is 1. The van der Waals surface area contributed by atoms with Crippen molar-refractivity contribution in [1.82, 2.24) is 5.32 Å². The lowest BCUT2D eigenvalue weighted by atomic mass is 9.79. The minimum absolute atomic E-state index is 0.0601. The van der Waals surface area contributed by atoms with Crippen LogP contribution in [0.4, 0.5) is 0 Å². The van der Waals surface area contributed by atoms with Crippen molar-refractivity contribution in [3.8, 4) is 0 Å². The number of nitrogens with one attached hydrogen (secondary N) is 1. The summed E-state index contributed by atoms with van der Waals surface area (Å²) in [6.45, 7) is 2.64. The van der Waals surface area contributed by atoms with E-state index in [1.165, 1.54) is 12.8 Å². The number of amides is 1. The van der Waals surface area contributed by atoms with Gasteiger partial charge in [-0.15, -0.1) is 0 Å². The zero-order valence-corrected chi connectivity index (χ0v) is 12.5. The summed E-state index contributed by atoms with van der Waals surface area (Å²) in [7, 11) is 0. The maximum Gasteiger partial charge on any atom is 0.306 e. The Kier molecular flexibility index (Phi) is 6.99. The van der Waals surface area contributed by atoms with Gasteiger partial charge in [-0.1, -0.05) is 32.6 Å². The molecule has 0 aromatic rings. The van der Waals surface area contributed by atoms with Gasteiger partial charge >= 0.3 is 5.97 Å². The van der Waals surface area contributed by atoms with Gasteiger partial charge in [0.15, 0.2) is 0 Å². The highest BCUT2D eigenvalue weighted by Crippen LogP contribution is 2.34. The topological polar surface area (TPSA) is 92.4 Å². The van der Waals surface area contributed by atoms with E-state index < -0.39 is 11.4 Å². The molecule has 20 heavy (non-hydrogen) atoms. The highest BCUT2D eigenvalue weighted by molar-refractivity contribution is 5.82. The fraction of sp³-hybridized carbons (Fsp3) is 0.867. The van der Waals surface area contributed by atoms with Crippen molar-refractivity contribution in [3.05, 3.63) is 0 Å². The fourth-order valence-corrected chi connectivity index (χ4v) is 2.85. The first-order valence-corrected chi connectivity index (χ1v) is 7.73. The number of aliphatic carboxylic acids is 1. The largest absolute Gasteiger partial charge is 0.481 e. The molecule has 1 atom stereocenters. The van der Waals surface area contributed by atoms with Crippen molar-refractivity contribution in [2.24, 2.45) is 17.1 Å². The Morgan fingerprint density at radius 1 is 1.25 bits per heavy atom. The lowest BCUT2D eigenvalue weighted by Crippen LogP contribution is -2.46. The van der Waals surface area contributed by atoms with E-state index in [1.54, 1.807) is 6.92 Å². The van der Waals surface area contributed by atoms with Gasteiger partial charge in [-0.3, -0.25) is 9.59 Å². The van der Waals surface area contributed by atoms with Gasteiger partial charge in [0.2, 0.25) is 5.91 Å². The Labute approximate surface area is 121 Å². The van der Waals surface area contributed by atoms with Crippen LogP contribution >= 0.6 is 0 Å². The zero-order chi connectivity index (χ0) is 15.0. The molecule has 1 saturated carbocycles. The first-order chi connectivity index (χ1) is 9.52. The van der Waals surface area contributed by atoms with Crippen LogP contribution in [-0.2, 0) is 9.59 Å². The molecule has 1 unspecified atom stereocenters. The van der Waals surface area contributed by atoms with Gasteiger partial charge in [0.05, 0.1) is 11.3 Å². The average molecular weight is 284 g/mol. The van der Waals surface area contributed by atoms with Crippen LogP contribution in [-0.4, -0.2) is 30.1 Å². The van der Waals surface area contributed by atoms with Gasteiger partial charge in [-0.2, -0.15) is 0 Å². The van der Waals surface area contributed by atoms with Crippen LogP contribution in [0.25, 0.3) is 0 Å². The molecule has 5 nitrogen and oxygen atoms in total. The van der Waals surface area contributed by atoms with Gasteiger partial charge in [0.1, 0.15) is 0 Å². The molecule has 1 aliphatic carbocycles. The van der Waals surface area contributed by atoms with Crippen molar-refractivity contribution in [1.29, 1.82) is 0 Å². The quantitative estimate of drug-likeness (QED) is 0.492. The number of carbonyl (C=O) groups excluding carboxylic acids is 1. The van der Waals surface area contributed by atoms with E-state index in [-0.39, 0.29) is 11.8 Å². The first-order valence-electron chi connectivity index (χ1n) is 7.73. The third-order valence-corrected chi connectivity index (χ3v) is 4.45. The molecule has 1 amide bonds. The van der Waals surface area contributed by atoms with Crippen molar-refractivity contribution in [2.75, 3.05) is 13.1 Å². The van der Waals surface area contributed by atoms with Crippen molar-refractivity contribution in [3.63, 3.8) is 0 Å². The van der Waals surface area contributed by atoms with E-state index in [0.717, 1.165) is 25.7 Å². The summed E-state index contributed by atoms with van der Waals surface area (Å²) in [6.07, 6.45) is 7.55. The smallest absolute Gasteiger partial charge is 0.306 e. The number of hydrogen-bond acceptors (Lipinski definition) is 3. The molecule has 5 heteroatoms. The fourth-order valence-electron chi connectivity index (χ4n) is 2.85. The molecule has 1 rings (SSSR count). The number of hydrogen-bond donors (Lipinski definition) is 3. The summed E-state index contributed by atoms with van der Waals surface area (Å²) < 4.78 is 0. The highest BCUT2D eigenvalue weighted by Gasteiger charge is 2.36. The molecule has 0 heterocycles. The van der Waals surface area contributed by atoms with Crippen molar-refractivity contribution < 1.29 is 14.7 Å². The van der Waals surface area contributed by atoms with E-state index in [0.29, 0.717) is 25.9 Å². The molecule has 0 saturated heterocycles. The molecule has 0 aromatic carbocycles. The summed E-state index contributed by atoms with van der Waals surface area (Å²) >= 11 is 0. The third-order valence-electron chi connectivity index (χ3n) is 4.45. The predicted octanol–water partition coefficient (Wildman–Crippen LogP) is 1.90. The van der Waals surface area contributed by atoms with Gasteiger partial charge in [0, 0.05) is 13.1 Å². The van der Waals surface area contributed by atoms with Gasteiger partial charge < -0.3 is 16.2 Å². The molecule has 1 fully saturated rings.